The van der Waals surface area contributed by atoms with Crippen LogP contribution >= 0.6 is 0 Å². The Labute approximate surface area is 79.1 Å². The molecule has 13 heavy (non-hydrogen) atoms. The third kappa shape index (κ3) is 2.46. The van der Waals surface area contributed by atoms with Gasteiger partial charge in [-0.1, -0.05) is 19.3 Å². The molecule has 0 radical (unpaired) electrons. The Bertz CT molecular complexity index is 238. The van der Waals surface area contributed by atoms with Crippen molar-refractivity contribution in [3.63, 3.8) is 0 Å². The van der Waals surface area contributed by atoms with E-state index in [9.17, 15) is 4.79 Å². The van der Waals surface area contributed by atoms with Crippen molar-refractivity contribution in [3.8, 4) is 12.3 Å². The Morgan fingerprint density at radius 1 is 1.77 bits per heavy atom. The first kappa shape index (κ1) is 10.1. The van der Waals surface area contributed by atoms with Crippen molar-refractivity contribution in [2.24, 2.45) is 5.73 Å². The van der Waals surface area contributed by atoms with E-state index in [-0.39, 0.29) is 11.9 Å². The van der Waals surface area contributed by atoms with Crippen LogP contribution in [0.15, 0.2) is 0 Å². The van der Waals surface area contributed by atoms with Crippen LogP contribution in [0, 0.1) is 12.3 Å². The third-order valence-electron chi connectivity index (χ3n) is 2.32. The van der Waals surface area contributed by atoms with E-state index in [1.54, 1.807) is 0 Å². The van der Waals surface area contributed by atoms with E-state index in [0.29, 0.717) is 0 Å². The predicted octanol–water partition coefficient (Wildman–Crippen LogP) is 0.396. The second-order valence-electron chi connectivity index (χ2n) is 3.64. The lowest BCUT2D eigenvalue weighted by Crippen LogP contribution is -2.46. The number of hydrogen-bond acceptors (Lipinski definition) is 2. The maximum Gasteiger partial charge on any atom is 0.241 e. The summed E-state index contributed by atoms with van der Waals surface area (Å²) in [4.78, 5) is 11.4. The van der Waals surface area contributed by atoms with Gasteiger partial charge in [-0.2, -0.15) is 0 Å². The number of amides is 1. The van der Waals surface area contributed by atoms with Crippen molar-refractivity contribution >= 4 is 5.91 Å². The fourth-order valence-electron chi connectivity index (χ4n) is 1.15. The maximum absolute atomic E-state index is 11.4. The summed E-state index contributed by atoms with van der Waals surface area (Å²) in [6.45, 7) is 2.03. The zero-order valence-corrected chi connectivity index (χ0v) is 7.97. The molecule has 0 saturated heterocycles. The van der Waals surface area contributed by atoms with Gasteiger partial charge >= 0.3 is 0 Å². The highest BCUT2D eigenvalue weighted by Crippen LogP contribution is 2.32. The lowest BCUT2D eigenvalue weighted by Gasteiger charge is -2.15. The molecule has 0 heterocycles. The van der Waals surface area contributed by atoms with Gasteiger partial charge < -0.3 is 11.1 Å². The molecule has 0 aromatic heterocycles. The van der Waals surface area contributed by atoms with Crippen molar-refractivity contribution in [1.29, 1.82) is 0 Å². The molecule has 72 valence electrons. The van der Waals surface area contributed by atoms with Gasteiger partial charge in [0, 0.05) is 0 Å². The fraction of sp³-hybridized carbons (Fsp3) is 0.700. The summed E-state index contributed by atoms with van der Waals surface area (Å²) in [7, 11) is 0. The van der Waals surface area contributed by atoms with Crippen LogP contribution in [0.2, 0.25) is 0 Å². The molecular formula is C10H16N2O. The lowest BCUT2D eigenvalue weighted by atomic mass is 10.1. The number of rotatable bonds is 4. The van der Waals surface area contributed by atoms with Gasteiger partial charge in [-0.25, -0.2) is 0 Å². The topological polar surface area (TPSA) is 55.1 Å². The summed E-state index contributed by atoms with van der Waals surface area (Å²) in [6.07, 6.45) is 8.61. The van der Waals surface area contributed by atoms with Crippen molar-refractivity contribution in [3.05, 3.63) is 0 Å². The second-order valence-corrected chi connectivity index (χ2v) is 3.64. The quantitative estimate of drug-likeness (QED) is 0.615. The zero-order chi connectivity index (χ0) is 9.90. The Morgan fingerprint density at radius 2 is 2.38 bits per heavy atom. The summed E-state index contributed by atoms with van der Waals surface area (Å²) in [5, 5.41) is 2.77. The van der Waals surface area contributed by atoms with E-state index in [4.69, 9.17) is 12.2 Å². The molecule has 3 N–H and O–H groups in total. The third-order valence-corrected chi connectivity index (χ3v) is 2.32. The Balaban J connectivity index is 2.38. The highest BCUT2D eigenvalue weighted by atomic mass is 16.2. The molecule has 1 atom stereocenters. The van der Waals surface area contributed by atoms with Crippen LogP contribution in [0.25, 0.3) is 0 Å². The molecule has 3 heteroatoms. The molecule has 1 rings (SSSR count). The summed E-state index contributed by atoms with van der Waals surface area (Å²) in [6, 6.07) is -0.154. The van der Waals surface area contributed by atoms with Crippen molar-refractivity contribution in [1.82, 2.24) is 5.32 Å². The number of nitrogens with one attached hydrogen (secondary N) is 1. The first-order chi connectivity index (χ1) is 6.12. The number of nitrogens with two attached hydrogens (primary N) is 1. The molecule has 1 saturated carbocycles. The van der Waals surface area contributed by atoms with Gasteiger partial charge in [0.15, 0.2) is 0 Å². The molecule has 0 aromatic carbocycles. The summed E-state index contributed by atoms with van der Waals surface area (Å²) < 4.78 is 0. The molecule has 1 fully saturated rings. The SMILES string of the molecule is C#CC(CCC)NC(=O)C1(N)CC1. The predicted molar refractivity (Wildman–Crippen MR) is 51.8 cm³/mol. The van der Waals surface area contributed by atoms with Gasteiger partial charge in [0.05, 0.1) is 11.6 Å². The molecule has 1 aliphatic rings. The average Bonchev–Trinajstić information content (AvgIpc) is 2.84. The molecule has 0 aromatic rings. The molecule has 0 aliphatic heterocycles. The van der Waals surface area contributed by atoms with E-state index < -0.39 is 5.54 Å². The van der Waals surface area contributed by atoms with Crippen LogP contribution < -0.4 is 11.1 Å². The minimum atomic E-state index is -0.608. The zero-order valence-electron chi connectivity index (χ0n) is 7.97. The van der Waals surface area contributed by atoms with Gasteiger partial charge in [0.25, 0.3) is 0 Å². The van der Waals surface area contributed by atoms with Gasteiger partial charge in [-0.05, 0) is 19.3 Å². The van der Waals surface area contributed by atoms with Crippen LogP contribution in [-0.4, -0.2) is 17.5 Å². The second kappa shape index (κ2) is 3.80. The Kier molecular flexibility index (Phi) is 2.94. The molecule has 0 bridgehead atoms. The number of hydrogen-bond donors (Lipinski definition) is 2. The van der Waals surface area contributed by atoms with Gasteiger partial charge in [0.1, 0.15) is 0 Å². The molecular weight excluding hydrogens is 164 g/mol. The molecule has 1 unspecified atom stereocenters. The Hall–Kier alpha value is -1.01. The smallest absolute Gasteiger partial charge is 0.241 e. The van der Waals surface area contributed by atoms with Crippen molar-refractivity contribution in [2.75, 3.05) is 0 Å². The van der Waals surface area contributed by atoms with Crippen molar-refractivity contribution in [2.45, 2.75) is 44.2 Å². The van der Waals surface area contributed by atoms with E-state index in [2.05, 4.69) is 11.2 Å². The first-order valence-corrected chi connectivity index (χ1v) is 4.68. The number of carbonyl (C=O) groups excluding carboxylic acids is 1. The molecule has 0 spiro atoms. The average molecular weight is 180 g/mol. The minimum absolute atomic E-state index is 0.0936. The van der Waals surface area contributed by atoms with Crippen molar-refractivity contribution < 1.29 is 4.79 Å². The van der Waals surface area contributed by atoms with Crippen LogP contribution in [0.3, 0.4) is 0 Å². The summed E-state index contributed by atoms with van der Waals surface area (Å²) in [5.41, 5.74) is 5.10. The van der Waals surface area contributed by atoms with E-state index >= 15 is 0 Å². The van der Waals surface area contributed by atoms with Gasteiger partial charge in [-0.3, -0.25) is 4.79 Å². The Morgan fingerprint density at radius 3 is 2.77 bits per heavy atom. The maximum atomic E-state index is 11.4. The van der Waals surface area contributed by atoms with Crippen LogP contribution in [-0.2, 0) is 4.79 Å². The van der Waals surface area contributed by atoms with Crippen LogP contribution in [0.1, 0.15) is 32.6 Å². The van der Waals surface area contributed by atoms with Gasteiger partial charge in [0.2, 0.25) is 5.91 Å². The number of carbonyl (C=O) groups is 1. The largest absolute Gasteiger partial charge is 0.341 e. The number of terminal acetylenes is 1. The summed E-state index contributed by atoms with van der Waals surface area (Å²) >= 11 is 0. The molecule has 1 amide bonds. The highest BCUT2D eigenvalue weighted by Gasteiger charge is 2.46. The van der Waals surface area contributed by atoms with E-state index in [1.165, 1.54) is 0 Å². The van der Waals surface area contributed by atoms with Gasteiger partial charge in [-0.15, -0.1) is 6.42 Å². The van der Waals surface area contributed by atoms with Crippen LogP contribution in [0.5, 0.6) is 0 Å². The highest BCUT2D eigenvalue weighted by molar-refractivity contribution is 5.89. The van der Waals surface area contributed by atoms with E-state index in [0.717, 1.165) is 25.7 Å². The minimum Gasteiger partial charge on any atom is -0.341 e. The van der Waals surface area contributed by atoms with E-state index in [1.807, 2.05) is 6.92 Å². The standard InChI is InChI=1S/C10H16N2O/c1-3-5-8(4-2)12-9(13)10(11)6-7-10/h2,8H,3,5-7,11H2,1H3,(H,12,13). The summed E-state index contributed by atoms with van der Waals surface area (Å²) in [5.74, 6) is 2.45. The van der Waals surface area contributed by atoms with Crippen LogP contribution in [0.4, 0.5) is 0 Å². The monoisotopic (exact) mass is 180 g/mol. The molecule has 3 nitrogen and oxygen atoms in total. The normalized spacial score (nSPS) is 20.1. The lowest BCUT2D eigenvalue weighted by molar-refractivity contribution is -0.123. The first-order valence-electron chi connectivity index (χ1n) is 4.68. The fourth-order valence-corrected chi connectivity index (χ4v) is 1.15. The molecule has 1 aliphatic carbocycles.